The third-order valence-corrected chi connectivity index (χ3v) is 2.42. The Morgan fingerprint density at radius 1 is 1.47 bits per heavy atom. The molecule has 0 spiro atoms. The van der Waals surface area contributed by atoms with E-state index in [1.165, 1.54) is 6.20 Å². The third-order valence-electron chi connectivity index (χ3n) is 2.09. The van der Waals surface area contributed by atoms with Gasteiger partial charge in [-0.3, -0.25) is 0 Å². The van der Waals surface area contributed by atoms with Gasteiger partial charge >= 0.3 is 5.97 Å². The second-order valence-corrected chi connectivity index (χ2v) is 3.64. The number of nitrogens with zero attached hydrogens (tertiary/aromatic N) is 1. The number of benzene rings is 1. The van der Waals surface area contributed by atoms with Crippen molar-refractivity contribution in [1.82, 2.24) is 4.98 Å². The summed E-state index contributed by atoms with van der Waals surface area (Å²) in [6.45, 7) is 2.02. The topological polar surface area (TPSA) is 52.3 Å². The monoisotopic (exact) mass is 251 g/mol. The zero-order valence-corrected chi connectivity index (χ0v) is 9.90. The molecule has 0 saturated carbocycles. The van der Waals surface area contributed by atoms with Gasteiger partial charge < -0.3 is 9.15 Å². The van der Waals surface area contributed by atoms with E-state index in [1.54, 1.807) is 25.1 Å². The van der Waals surface area contributed by atoms with E-state index in [0.29, 0.717) is 23.1 Å². The van der Waals surface area contributed by atoms with Gasteiger partial charge in [-0.15, -0.1) is 0 Å². The van der Waals surface area contributed by atoms with Crippen molar-refractivity contribution in [2.75, 3.05) is 6.61 Å². The van der Waals surface area contributed by atoms with Crippen LogP contribution in [0.25, 0.3) is 11.5 Å². The van der Waals surface area contributed by atoms with Gasteiger partial charge in [-0.1, -0.05) is 23.7 Å². The largest absolute Gasteiger partial charge is 0.460 e. The van der Waals surface area contributed by atoms with E-state index in [0.717, 1.165) is 0 Å². The Morgan fingerprint density at radius 2 is 2.24 bits per heavy atom. The Labute approximate surface area is 103 Å². The third kappa shape index (κ3) is 2.47. The summed E-state index contributed by atoms with van der Waals surface area (Å²) in [5, 5.41) is 0.518. The zero-order chi connectivity index (χ0) is 12.3. The molecule has 0 aliphatic heterocycles. The minimum Gasteiger partial charge on any atom is -0.460 e. The molecule has 88 valence electrons. The highest BCUT2D eigenvalue weighted by Gasteiger charge is 2.15. The Hall–Kier alpha value is -1.81. The average Bonchev–Trinajstić information content (AvgIpc) is 2.79. The van der Waals surface area contributed by atoms with Crippen molar-refractivity contribution in [1.29, 1.82) is 0 Å². The summed E-state index contributed by atoms with van der Waals surface area (Å²) in [5.41, 5.74) is 0.643. The smallest absolute Gasteiger partial charge is 0.375 e. The summed E-state index contributed by atoms with van der Waals surface area (Å²) in [6.07, 6.45) is 1.33. The normalized spacial score (nSPS) is 10.2. The molecule has 0 saturated heterocycles. The van der Waals surface area contributed by atoms with E-state index >= 15 is 0 Å². The summed E-state index contributed by atoms with van der Waals surface area (Å²) in [5.74, 6) is -0.154. The molecule has 0 unspecified atom stereocenters. The summed E-state index contributed by atoms with van der Waals surface area (Å²) in [4.78, 5) is 15.4. The molecule has 17 heavy (non-hydrogen) atoms. The van der Waals surface area contributed by atoms with Crippen LogP contribution in [-0.4, -0.2) is 17.6 Å². The van der Waals surface area contributed by atoms with Crippen LogP contribution in [0.4, 0.5) is 0 Å². The van der Waals surface area contributed by atoms with E-state index in [4.69, 9.17) is 20.8 Å². The molecule has 0 fully saturated rings. The molecule has 4 nitrogen and oxygen atoms in total. The van der Waals surface area contributed by atoms with Crippen molar-refractivity contribution in [3.05, 3.63) is 41.2 Å². The predicted octanol–water partition coefficient (Wildman–Crippen LogP) is 3.17. The standard InChI is InChI=1S/C12H10ClNO3/c1-2-16-12(15)10-7-14-11(17-10)8-5-3-4-6-9(8)13/h3-7H,2H2,1H3. The van der Waals surface area contributed by atoms with Crippen LogP contribution in [0.15, 0.2) is 34.9 Å². The van der Waals surface area contributed by atoms with Crippen molar-refractivity contribution >= 4 is 17.6 Å². The van der Waals surface area contributed by atoms with Gasteiger partial charge in [0.05, 0.1) is 23.4 Å². The number of rotatable bonds is 3. The Morgan fingerprint density at radius 3 is 2.94 bits per heavy atom. The fraction of sp³-hybridized carbons (Fsp3) is 0.167. The van der Waals surface area contributed by atoms with Crippen LogP contribution in [0.1, 0.15) is 17.5 Å². The van der Waals surface area contributed by atoms with Gasteiger partial charge in [0.2, 0.25) is 11.7 Å². The second kappa shape index (κ2) is 5.01. The highest BCUT2D eigenvalue weighted by atomic mass is 35.5. The molecule has 0 atom stereocenters. The van der Waals surface area contributed by atoms with Crippen molar-refractivity contribution in [2.45, 2.75) is 6.92 Å². The molecule has 0 amide bonds. The zero-order valence-electron chi connectivity index (χ0n) is 9.14. The lowest BCUT2D eigenvalue weighted by atomic mass is 10.2. The predicted molar refractivity (Wildman–Crippen MR) is 62.9 cm³/mol. The number of halogens is 1. The van der Waals surface area contributed by atoms with Gasteiger partial charge in [0.1, 0.15) is 0 Å². The van der Waals surface area contributed by atoms with E-state index in [9.17, 15) is 4.79 Å². The molecular formula is C12H10ClNO3. The van der Waals surface area contributed by atoms with Gasteiger partial charge in [0.15, 0.2) is 0 Å². The van der Waals surface area contributed by atoms with Gasteiger partial charge in [-0.2, -0.15) is 0 Å². The van der Waals surface area contributed by atoms with E-state index < -0.39 is 5.97 Å². The number of hydrogen-bond acceptors (Lipinski definition) is 4. The minimum atomic E-state index is -0.529. The number of ether oxygens (including phenoxy) is 1. The van der Waals surface area contributed by atoms with E-state index in [2.05, 4.69) is 4.98 Å². The summed E-state index contributed by atoms with van der Waals surface area (Å²) < 4.78 is 10.1. The quantitative estimate of drug-likeness (QED) is 0.787. The Balaban J connectivity index is 2.30. The number of carbonyl (C=O) groups excluding carboxylic acids is 1. The van der Waals surface area contributed by atoms with Crippen LogP contribution < -0.4 is 0 Å². The first kappa shape index (κ1) is 11.7. The van der Waals surface area contributed by atoms with Crippen LogP contribution in [0.3, 0.4) is 0 Å². The maximum atomic E-state index is 11.4. The molecule has 0 N–H and O–H groups in total. The van der Waals surface area contributed by atoms with Crippen LogP contribution >= 0.6 is 11.6 Å². The summed E-state index contributed by atoms with van der Waals surface area (Å²) >= 11 is 5.99. The number of hydrogen-bond donors (Lipinski definition) is 0. The minimum absolute atomic E-state index is 0.0711. The maximum Gasteiger partial charge on any atom is 0.375 e. The first-order valence-electron chi connectivity index (χ1n) is 5.10. The van der Waals surface area contributed by atoms with Crippen molar-refractivity contribution in [2.24, 2.45) is 0 Å². The number of oxazole rings is 1. The van der Waals surface area contributed by atoms with E-state index in [-0.39, 0.29) is 5.76 Å². The second-order valence-electron chi connectivity index (χ2n) is 3.23. The fourth-order valence-electron chi connectivity index (χ4n) is 1.33. The number of carbonyl (C=O) groups is 1. The van der Waals surface area contributed by atoms with E-state index in [1.807, 2.05) is 6.07 Å². The SMILES string of the molecule is CCOC(=O)c1cnc(-c2ccccc2Cl)o1. The molecule has 2 aromatic rings. The lowest BCUT2D eigenvalue weighted by Gasteiger charge is -1.98. The van der Waals surface area contributed by atoms with Crippen molar-refractivity contribution < 1.29 is 13.9 Å². The summed E-state index contributed by atoms with van der Waals surface area (Å²) in [6, 6.07) is 7.12. The van der Waals surface area contributed by atoms with Crippen LogP contribution in [0.2, 0.25) is 5.02 Å². The van der Waals surface area contributed by atoms with Gasteiger partial charge in [0.25, 0.3) is 0 Å². The fourth-order valence-corrected chi connectivity index (χ4v) is 1.55. The Kier molecular flexibility index (Phi) is 3.44. The van der Waals surface area contributed by atoms with Crippen molar-refractivity contribution in [3.8, 4) is 11.5 Å². The highest BCUT2D eigenvalue weighted by molar-refractivity contribution is 6.33. The molecule has 0 aliphatic carbocycles. The molecule has 5 heteroatoms. The lowest BCUT2D eigenvalue weighted by Crippen LogP contribution is -2.02. The molecule has 1 aromatic carbocycles. The number of esters is 1. The number of aromatic nitrogens is 1. The first-order valence-corrected chi connectivity index (χ1v) is 5.48. The maximum absolute atomic E-state index is 11.4. The molecule has 0 bridgehead atoms. The average molecular weight is 252 g/mol. The molecule has 2 rings (SSSR count). The highest BCUT2D eigenvalue weighted by Crippen LogP contribution is 2.27. The van der Waals surface area contributed by atoms with Gasteiger partial charge in [0, 0.05) is 0 Å². The van der Waals surface area contributed by atoms with Gasteiger partial charge in [-0.05, 0) is 19.1 Å². The lowest BCUT2D eigenvalue weighted by molar-refractivity contribution is 0.0491. The van der Waals surface area contributed by atoms with Crippen LogP contribution in [0, 0.1) is 0 Å². The molecule has 1 heterocycles. The molecule has 0 aliphatic rings. The van der Waals surface area contributed by atoms with Crippen molar-refractivity contribution in [3.63, 3.8) is 0 Å². The molecule has 1 aromatic heterocycles. The van der Waals surface area contributed by atoms with Crippen LogP contribution in [0.5, 0.6) is 0 Å². The summed E-state index contributed by atoms with van der Waals surface area (Å²) in [7, 11) is 0. The Bertz CT molecular complexity index is 536. The molecular weight excluding hydrogens is 242 g/mol. The molecule has 0 radical (unpaired) electrons. The van der Waals surface area contributed by atoms with Gasteiger partial charge in [-0.25, -0.2) is 9.78 Å². The van der Waals surface area contributed by atoms with Crippen LogP contribution in [-0.2, 0) is 4.74 Å². The first-order chi connectivity index (χ1) is 8.22.